The van der Waals surface area contributed by atoms with Crippen LogP contribution in [-0.2, 0) is 0 Å². The lowest BCUT2D eigenvalue weighted by atomic mass is 9.91. The minimum atomic E-state index is -0.00147. The van der Waals surface area contributed by atoms with Crippen LogP contribution in [0.3, 0.4) is 0 Å². The lowest BCUT2D eigenvalue weighted by Crippen LogP contribution is -2.06. The van der Waals surface area contributed by atoms with E-state index in [1.807, 2.05) is 31.2 Å². The molecular formula is C16H21ClN2O. The summed E-state index contributed by atoms with van der Waals surface area (Å²) in [6.45, 7) is 4.15. The van der Waals surface area contributed by atoms with Gasteiger partial charge in [-0.1, -0.05) is 24.6 Å². The quantitative estimate of drug-likeness (QED) is 0.743. The molecule has 2 rings (SSSR count). The van der Waals surface area contributed by atoms with Gasteiger partial charge in [0.2, 0.25) is 0 Å². The van der Waals surface area contributed by atoms with Gasteiger partial charge in [0.15, 0.2) is 0 Å². The van der Waals surface area contributed by atoms with E-state index in [0.29, 0.717) is 5.92 Å². The summed E-state index contributed by atoms with van der Waals surface area (Å²) in [5.41, 5.74) is 11.1. The van der Waals surface area contributed by atoms with E-state index in [9.17, 15) is 5.11 Å². The third kappa shape index (κ3) is 2.56. The molecule has 1 aromatic rings. The topological polar surface area (TPSA) is 58.3 Å². The number of halogens is 1. The zero-order valence-corrected chi connectivity index (χ0v) is 12.6. The van der Waals surface area contributed by atoms with Crippen molar-refractivity contribution in [1.29, 1.82) is 0 Å². The average Bonchev–Trinajstić information content (AvgIpc) is 2.78. The minimum Gasteiger partial charge on any atom is -0.399 e. The van der Waals surface area contributed by atoms with Gasteiger partial charge in [0.1, 0.15) is 0 Å². The summed E-state index contributed by atoms with van der Waals surface area (Å²) in [7, 11) is 0. The van der Waals surface area contributed by atoms with Gasteiger partial charge >= 0.3 is 0 Å². The molecule has 0 saturated heterocycles. The third-order valence-electron chi connectivity index (χ3n) is 4.01. The van der Waals surface area contributed by atoms with E-state index in [1.54, 1.807) is 0 Å². The van der Waals surface area contributed by atoms with Crippen molar-refractivity contribution in [1.82, 2.24) is 0 Å². The Morgan fingerprint density at radius 2 is 2.15 bits per heavy atom. The third-order valence-corrected chi connectivity index (χ3v) is 4.23. The minimum absolute atomic E-state index is 0.00147. The molecule has 0 amide bonds. The van der Waals surface area contributed by atoms with Crippen LogP contribution in [0, 0.1) is 0 Å². The number of aliphatic hydroxyl groups is 1. The second kappa shape index (κ2) is 6.33. The molecule has 4 heteroatoms. The fourth-order valence-corrected chi connectivity index (χ4v) is 3.11. The van der Waals surface area contributed by atoms with Gasteiger partial charge < -0.3 is 10.8 Å². The smallest absolute Gasteiger partial charge is 0.0537 e. The van der Waals surface area contributed by atoms with Crippen LogP contribution in [0.2, 0.25) is 0 Å². The van der Waals surface area contributed by atoms with Crippen LogP contribution in [0.25, 0.3) is 0 Å². The molecule has 0 heterocycles. The first-order valence-electron chi connectivity index (χ1n) is 6.90. The number of allylic oxidation sites excluding steroid dienone is 2. The number of rotatable bonds is 4. The molecule has 0 spiro atoms. The van der Waals surface area contributed by atoms with Crippen molar-refractivity contribution in [3.8, 4) is 0 Å². The molecule has 0 fully saturated rings. The van der Waals surface area contributed by atoms with Crippen molar-refractivity contribution in [3.63, 3.8) is 0 Å². The molecule has 0 aliphatic heterocycles. The zero-order chi connectivity index (χ0) is 14.7. The van der Waals surface area contributed by atoms with Crippen LogP contribution in [-0.4, -0.2) is 11.7 Å². The van der Waals surface area contributed by atoms with E-state index in [0.717, 1.165) is 23.4 Å². The molecule has 108 valence electrons. The summed E-state index contributed by atoms with van der Waals surface area (Å²) >= 11 is 5.68. The summed E-state index contributed by atoms with van der Waals surface area (Å²) in [6, 6.07) is 6.06. The summed E-state index contributed by atoms with van der Waals surface area (Å²) in [6.07, 6.45) is 4.87. The fraction of sp³-hybridized carbons (Fsp3) is 0.375. The van der Waals surface area contributed by atoms with Crippen LogP contribution in [0.15, 0.2) is 41.6 Å². The summed E-state index contributed by atoms with van der Waals surface area (Å²) in [4.78, 5) is 2.64. The largest absolute Gasteiger partial charge is 0.399 e. The number of aliphatic hydroxyl groups excluding tert-OH is 1. The van der Waals surface area contributed by atoms with Gasteiger partial charge in [-0.15, -0.1) is 0 Å². The maximum absolute atomic E-state index is 9.79. The van der Waals surface area contributed by atoms with Crippen LogP contribution < -0.4 is 10.6 Å². The fourth-order valence-electron chi connectivity index (χ4n) is 2.99. The molecule has 20 heavy (non-hydrogen) atoms. The van der Waals surface area contributed by atoms with Crippen LogP contribution in [0.1, 0.15) is 43.2 Å². The van der Waals surface area contributed by atoms with E-state index in [4.69, 9.17) is 17.5 Å². The van der Waals surface area contributed by atoms with Gasteiger partial charge in [0, 0.05) is 35.0 Å². The first kappa shape index (κ1) is 14.9. The molecule has 1 aliphatic rings. The number of nitrogens with two attached hydrogens (primary N) is 1. The lowest BCUT2D eigenvalue weighted by Gasteiger charge is -2.15. The van der Waals surface area contributed by atoms with E-state index >= 15 is 0 Å². The molecule has 3 nitrogen and oxygen atoms in total. The zero-order valence-electron chi connectivity index (χ0n) is 11.9. The van der Waals surface area contributed by atoms with Crippen molar-refractivity contribution in [3.05, 3.63) is 52.7 Å². The molecule has 4 N–H and O–H groups in total. The van der Waals surface area contributed by atoms with Crippen molar-refractivity contribution < 1.29 is 5.11 Å². The Morgan fingerprint density at radius 1 is 1.40 bits per heavy atom. The maximum atomic E-state index is 9.79. The van der Waals surface area contributed by atoms with Crippen LogP contribution >= 0.6 is 11.8 Å². The highest BCUT2D eigenvalue weighted by molar-refractivity contribution is 6.23. The van der Waals surface area contributed by atoms with Crippen molar-refractivity contribution in [2.24, 2.45) is 5.73 Å². The molecule has 0 radical (unpaired) electrons. The summed E-state index contributed by atoms with van der Waals surface area (Å²) < 4.78 is 0. The van der Waals surface area contributed by atoms with E-state index in [1.165, 1.54) is 11.1 Å². The first-order chi connectivity index (χ1) is 9.65. The first-order valence-corrected chi connectivity index (χ1v) is 7.28. The average molecular weight is 293 g/mol. The van der Waals surface area contributed by atoms with Crippen molar-refractivity contribution >= 4 is 17.5 Å². The number of hydrogen-bond acceptors (Lipinski definition) is 3. The number of anilines is 1. The molecule has 0 bridgehead atoms. The van der Waals surface area contributed by atoms with Gasteiger partial charge in [0.25, 0.3) is 0 Å². The normalized spacial score (nSPS) is 24.0. The van der Waals surface area contributed by atoms with Crippen LogP contribution in [0.4, 0.5) is 5.69 Å². The van der Waals surface area contributed by atoms with Crippen molar-refractivity contribution in [2.45, 2.75) is 32.1 Å². The Labute approximate surface area is 125 Å². The number of nitrogens with one attached hydrogen (secondary N) is 1. The predicted octanol–water partition coefficient (Wildman–Crippen LogP) is 3.62. The highest BCUT2D eigenvalue weighted by Gasteiger charge is 2.34. The van der Waals surface area contributed by atoms with E-state index in [-0.39, 0.29) is 12.5 Å². The molecule has 0 saturated carbocycles. The lowest BCUT2D eigenvalue weighted by molar-refractivity contribution is 0.279. The SMILES string of the molecule is C/C=C(N)\C=C1/C(CC)c2ccc(NCl)cc2C1CO. The monoisotopic (exact) mass is 292 g/mol. The van der Waals surface area contributed by atoms with Crippen LogP contribution in [0.5, 0.6) is 0 Å². The van der Waals surface area contributed by atoms with Gasteiger partial charge in [0.05, 0.1) is 6.61 Å². The second-order valence-electron chi connectivity index (χ2n) is 5.07. The van der Waals surface area contributed by atoms with Gasteiger partial charge in [-0.05, 0) is 42.7 Å². The van der Waals surface area contributed by atoms with Gasteiger partial charge in [-0.25, -0.2) is 0 Å². The highest BCUT2D eigenvalue weighted by atomic mass is 35.5. The van der Waals surface area contributed by atoms with Gasteiger partial charge in [-0.2, -0.15) is 0 Å². The highest BCUT2D eigenvalue weighted by Crippen LogP contribution is 2.48. The standard InChI is InChI=1S/C16H21ClN2O/c1-3-10(18)7-14-12(4-2)13-6-5-11(19-17)8-15(13)16(14)9-20/h3,5-8,12,16,19-20H,4,9,18H2,1-2H3/b10-3+,14-7+. The summed E-state index contributed by atoms with van der Waals surface area (Å²) in [5, 5.41) is 9.79. The molecular weight excluding hydrogens is 272 g/mol. The molecule has 1 aromatic carbocycles. The Kier molecular flexibility index (Phi) is 4.73. The predicted molar refractivity (Wildman–Crippen MR) is 84.8 cm³/mol. The second-order valence-corrected chi connectivity index (χ2v) is 5.26. The Morgan fingerprint density at radius 3 is 2.70 bits per heavy atom. The van der Waals surface area contributed by atoms with E-state index in [2.05, 4.69) is 17.8 Å². The Hall–Kier alpha value is -1.45. The Balaban J connectivity index is 2.55. The number of hydrogen-bond donors (Lipinski definition) is 3. The van der Waals surface area contributed by atoms with Gasteiger partial charge in [-0.3, -0.25) is 4.84 Å². The molecule has 2 atom stereocenters. The molecule has 2 unspecified atom stereocenters. The Bertz CT molecular complexity index is 551. The van der Waals surface area contributed by atoms with E-state index < -0.39 is 0 Å². The number of benzene rings is 1. The maximum Gasteiger partial charge on any atom is 0.0537 e. The van der Waals surface area contributed by atoms with Crippen molar-refractivity contribution in [2.75, 3.05) is 11.4 Å². The summed E-state index contributed by atoms with van der Waals surface area (Å²) in [5.74, 6) is 0.309. The molecule has 1 aliphatic carbocycles. The molecule has 0 aromatic heterocycles. The number of fused-ring (bicyclic) bond motifs is 1.